The quantitative estimate of drug-likeness (QED) is 0.509. The van der Waals surface area contributed by atoms with Crippen molar-refractivity contribution in [2.24, 2.45) is 0 Å². The van der Waals surface area contributed by atoms with Crippen LogP contribution in [0.1, 0.15) is 32.6 Å². The van der Waals surface area contributed by atoms with Crippen LogP contribution < -0.4 is 0 Å². The van der Waals surface area contributed by atoms with Gasteiger partial charge in [0.2, 0.25) is 6.29 Å². The van der Waals surface area contributed by atoms with Gasteiger partial charge in [-0.25, -0.2) is 9.59 Å². The summed E-state index contributed by atoms with van der Waals surface area (Å²) in [5.74, 6) is 0. The van der Waals surface area contributed by atoms with Crippen LogP contribution in [0.4, 0.5) is 4.79 Å². The fourth-order valence-corrected chi connectivity index (χ4v) is 1.40. The standard InChI is InChI=1S/C9H13O5/c1-7(12-6-10)13-9(11)14-8-4-2-3-5-8/h7-8H,2-5H2,1H3. The molecule has 1 aliphatic carbocycles. The molecule has 0 aromatic carbocycles. The molecule has 0 saturated heterocycles. The lowest BCUT2D eigenvalue weighted by Crippen LogP contribution is -2.22. The monoisotopic (exact) mass is 201 g/mol. The number of carbonyl (C=O) groups is 1. The van der Waals surface area contributed by atoms with E-state index in [1.54, 1.807) is 0 Å². The summed E-state index contributed by atoms with van der Waals surface area (Å²) >= 11 is 0. The Kier molecular flexibility index (Phi) is 4.22. The van der Waals surface area contributed by atoms with Gasteiger partial charge in [-0.1, -0.05) is 0 Å². The first-order valence-electron chi connectivity index (χ1n) is 4.62. The van der Waals surface area contributed by atoms with Crippen molar-refractivity contribution in [1.29, 1.82) is 0 Å². The zero-order valence-electron chi connectivity index (χ0n) is 8.02. The van der Waals surface area contributed by atoms with Crippen LogP contribution in [-0.2, 0) is 19.0 Å². The molecule has 1 unspecified atom stereocenters. The van der Waals surface area contributed by atoms with E-state index in [4.69, 9.17) is 4.74 Å². The summed E-state index contributed by atoms with van der Waals surface area (Å²) in [6.45, 7) is 2.60. The van der Waals surface area contributed by atoms with E-state index >= 15 is 0 Å². The first-order chi connectivity index (χ1) is 6.72. The second kappa shape index (κ2) is 5.47. The highest BCUT2D eigenvalue weighted by molar-refractivity contribution is 5.60. The predicted octanol–water partition coefficient (Wildman–Crippen LogP) is 1.51. The molecular formula is C9H13O5. The Bertz CT molecular complexity index is 197. The van der Waals surface area contributed by atoms with Gasteiger partial charge in [0, 0.05) is 6.92 Å². The lowest BCUT2D eigenvalue weighted by Gasteiger charge is -2.13. The minimum absolute atomic E-state index is 0.0464. The molecule has 5 heteroatoms. The molecule has 0 bridgehead atoms. The third-order valence-corrected chi connectivity index (χ3v) is 2.04. The number of ether oxygens (including phenoxy) is 3. The molecule has 5 nitrogen and oxygen atoms in total. The molecular weight excluding hydrogens is 188 g/mol. The highest BCUT2D eigenvalue weighted by atomic mass is 16.8. The van der Waals surface area contributed by atoms with Crippen LogP contribution in [0.25, 0.3) is 0 Å². The van der Waals surface area contributed by atoms with Crippen LogP contribution in [0.2, 0.25) is 0 Å². The minimum atomic E-state index is -0.943. The van der Waals surface area contributed by atoms with Crippen molar-refractivity contribution in [3.05, 3.63) is 0 Å². The summed E-state index contributed by atoms with van der Waals surface area (Å²) in [6.07, 6.45) is 2.13. The normalized spacial score (nSPS) is 18.6. The Morgan fingerprint density at radius 2 is 2.07 bits per heavy atom. The van der Waals surface area contributed by atoms with Gasteiger partial charge in [-0.3, -0.25) is 0 Å². The van der Waals surface area contributed by atoms with Crippen molar-refractivity contribution >= 4 is 12.6 Å². The van der Waals surface area contributed by atoms with Crippen LogP contribution in [0.5, 0.6) is 0 Å². The van der Waals surface area contributed by atoms with Gasteiger partial charge in [0.25, 0.3) is 0 Å². The van der Waals surface area contributed by atoms with E-state index in [-0.39, 0.29) is 6.10 Å². The first-order valence-corrected chi connectivity index (χ1v) is 4.62. The molecule has 1 atom stereocenters. The highest BCUT2D eigenvalue weighted by Crippen LogP contribution is 2.21. The highest BCUT2D eigenvalue weighted by Gasteiger charge is 2.21. The van der Waals surface area contributed by atoms with Crippen molar-refractivity contribution < 1.29 is 23.8 Å². The van der Waals surface area contributed by atoms with E-state index in [2.05, 4.69) is 9.47 Å². The van der Waals surface area contributed by atoms with Crippen LogP contribution in [-0.4, -0.2) is 25.0 Å². The van der Waals surface area contributed by atoms with Gasteiger partial charge in [-0.15, -0.1) is 0 Å². The van der Waals surface area contributed by atoms with E-state index in [1.165, 1.54) is 13.4 Å². The lowest BCUT2D eigenvalue weighted by molar-refractivity contribution is -0.0702. The van der Waals surface area contributed by atoms with Crippen LogP contribution >= 0.6 is 0 Å². The van der Waals surface area contributed by atoms with Gasteiger partial charge in [0.15, 0.2) is 0 Å². The number of carbonyl (C=O) groups excluding carboxylic acids is 2. The SMILES string of the molecule is CC(O[C]=O)OC(=O)OC1CCCC1. The summed E-state index contributed by atoms with van der Waals surface area (Å²) in [6, 6.07) is 0. The van der Waals surface area contributed by atoms with Crippen LogP contribution in [0, 0.1) is 0 Å². The molecule has 0 heterocycles. The van der Waals surface area contributed by atoms with Crippen molar-refractivity contribution in [2.45, 2.75) is 45.0 Å². The molecule has 0 spiro atoms. The maximum Gasteiger partial charge on any atom is 0.511 e. The van der Waals surface area contributed by atoms with Gasteiger partial charge >= 0.3 is 12.6 Å². The van der Waals surface area contributed by atoms with E-state index < -0.39 is 12.4 Å². The molecule has 79 valence electrons. The number of hydrogen-bond donors (Lipinski definition) is 0. The Morgan fingerprint density at radius 3 is 2.64 bits per heavy atom. The zero-order valence-corrected chi connectivity index (χ0v) is 8.02. The lowest BCUT2D eigenvalue weighted by atomic mass is 10.3. The molecule has 0 amide bonds. The smallest absolute Gasteiger partial charge is 0.431 e. The average Bonchev–Trinajstić information content (AvgIpc) is 2.56. The van der Waals surface area contributed by atoms with Crippen LogP contribution in [0.3, 0.4) is 0 Å². The molecule has 1 aliphatic rings. The van der Waals surface area contributed by atoms with Gasteiger partial charge in [-0.2, -0.15) is 0 Å². The summed E-state index contributed by atoms with van der Waals surface area (Å²) in [7, 11) is 0. The van der Waals surface area contributed by atoms with Crippen molar-refractivity contribution in [3.63, 3.8) is 0 Å². The van der Waals surface area contributed by atoms with Crippen molar-refractivity contribution in [2.75, 3.05) is 0 Å². The molecule has 1 fully saturated rings. The van der Waals surface area contributed by atoms with Gasteiger partial charge in [0.1, 0.15) is 6.10 Å². The molecule has 0 N–H and O–H groups in total. The Morgan fingerprint density at radius 1 is 1.43 bits per heavy atom. The summed E-state index contributed by atoms with van der Waals surface area (Å²) < 4.78 is 13.8. The zero-order chi connectivity index (χ0) is 10.4. The van der Waals surface area contributed by atoms with E-state index in [0.717, 1.165) is 25.7 Å². The summed E-state index contributed by atoms with van der Waals surface area (Å²) in [5, 5.41) is 0. The largest absolute Gasteiger partial charge is 0.511 e. The fourth-order valence-electron chi connectivity index (χ4n) is 1.40. The third kappa shape index (κ3) is 3.64. The Hall–Kier alpha value is -1.26. The van der Waals surface area contributed by atoms with Crippen molar-refractivity contribution in [1.82, 2.24) is 0 Å². The first kappa shape index (κ1) is 10.8. The molecule has 0 aliphatic heterocycles. The van der Waals surface area contributed by atoms with Crippen molar-refractivity contribution in [3.8, 4) is 0 Å². The number of rotatable bonds is 4. The Labute approximate surface area is 82.3 Å². The summed E-state index contributed by atoms with van der Waals surface area (Å²) in [4.78, 5) is 20.8. The summed E-state index contributed by atoms with van der Waals surface area (Å²) in [5.41, 5.74) is 0. The second-order valence-corrected chi connectivity index (χ2v) is 3.16. The molecule has 1 radical (unpaired) electrons. The molecule has 1 rings (SSSR count). The third-order valence-electron chi connectivity index (χ3n) is 2.04. The Balaban J connectivity index is 2.17. The minimum Gasteiger partial charge on any atom is -0.431 e. The second-order valence-electron chi connectivity index (χ2n) is 3.16. The van der Waals surface area contributed by atoms with Gasteiger partial charge in [-0.05, 0) is 25.7 Å². The maximum absolute atomic E-state index is 11.0. The molecule has 0 aromatic rings. The fraction of sp³-hybridized carbons (Fsp3) is 0.778. The molecule has 0 aromatic heterocycles. The number of hydrogen-bond acceptors (Lipinski definition) is 5. The topological polar surface area (TPSA) is 61.8 Å². The molecule has 14 heavy (non-hydrogen) atoms. The van der Waals surface area contributed by atoms with Crippen LogP contribution in [0.15, 0.2) is 0 Å². The van der Waals surface area contributed by atoms with E-state index in [9.17, 15) is 9.59 Å². The average molecular weight is 201 g/mol. The van der Waals surface area contributed by atoms with E-state index in [1.807, 2.05) is 0 Å². The maximum atomic E-state index is 11.0. The molecule has 1 saturated carbocycles. The van der Waals surface area contributed by atoms with Gasteiger partial charge < -0.3 is 14.2 Å². The van der Waals surface area contributed by atoms with E-state index in [0.29, 0.717) is 0 Å². The predicted molar refractivity (Wildman–Crippen MR) is 46.1 cm³/mol. The van der Waals surface area contributed by atoms with Gasteiger partial charge in [0.05, 0.1) is 0 Å².